The molecule has 0 aliphatic heterocycles. The number of benzene rings is 1. The van der Waals surface area contributed by atoms with E-state index in [1.807, 2.05) is 59.1 Å². The Hall–Kier alpha value is -2.44. The SMILES string of the molecule is OC(CNCc1nnc2ccccn12)COc1ccccc1. The standard InChI is InChI=1S/C16H18N4O2/c21-13(12-22-14-6-2-1-3-7-14)10-17-11-16-19-18-15-8-4-5-9-20(15)16/h1-9,13,17,21H,10-12H2. The molecule has 6 heteroatoms. The van der Waals surface area contributed by atoms with Crippen molar-refractivity contribution in [3.63, 3.8) is 0 Å². The summed E-state index contributed by atoms with van der Waals surface area (Å²) in [7, 11) is 0. The number of aliphatic hydroxyl groups is 1. The first-order valence-corrected chi connectivity index (χ1v) is 7.18. The molecule has 0 bridgehead atoms. The Labute approximate surface area is 128 Å². The third kappa shape index (κ3) is 3.60. The van der Waals surface area contributed by atoms with E-state index >= 15 is 0 Å². The molecule has 2 N–H and O–H groups in total. The van der Waals surface area contributed by atoms with E-state index in [0.29, 0.717) is 13.1 Å². The van der Waals surface area contributed by atoms with E-state index in [9.17, 15) is 5.11 Å². The summed E-state index contributed by atoms with van der Waals surface area (Å²) in [5.74, 6) is 1.57. The van der Waals surface area contributed by atoms with Gasteiger partial charge in [-0.25, -0.2) is 0 Å². The lowest BCUT2D eigenvalue weighted by molar-refractivity contribution is 0.106. The molecule has 0 aliphatic rings. The van der Waals surface area contributed by atoms with Crippen molar-refractivity contribution >= 4 is 5.65 Å². The van der Waals surface area contributed by atoms with Crippen molar-refractivity contribution in [3.05, 3.63) is 60.6 Å². The molecule has 1 aromatic carbocycles. The molecule has 0 saturated carbocycles. The Bertz CT molecular complexity index is 714. The van der Waals surface area contributed by atoms with Crippen LogP contribution in [0.1, 0.15) is 5.82 Å². The Kier molecular flexibility index (Phi) is 4.62. The van der Waals surface area contributed by atoms with E-state index in [4.69, 9.17) is 4.74 Å². The first kappa shape index (κ1) is 14.5. The Morgan fingerprint density at radius 2 is 1.91 bits per heavy atom. The van der Waals surface area contributed by atoms with Crippen LogP contribution in [0.2, 0.25) is 0 Å². The van der Waals surface area contributed by atoms with E-state index in [-0.39, 0.29) is 6.61 Å². The molecule has 114 valence electrons. The van der Waals surface area contributed by atoms with Gasteiger partial charge < -0.3 is 15.2 Å². The lowest BCUT2D eigenvalue weighted by Gasteiger charge is -2.12. The maximum atomic E-state index is 9.92. The van der Waals surface area contributed by atoms with Gasteiger partial charge in [0.1, 0.15) is 18.5 Å². The molecular formula is C16H18N4O2. The van der Waals surface area contributed by atoms with Crippen LogP contribution in [0.5, 0.6) is 5.75 Å². The maximum absolute atomic E-state index is 9.92. The highest BCUT2D eigenvalue weighted by atomic mass is 16.5. The number of nitrogens with one attached hydrogen (secondary N) is 1. The number of para-hydroxylation sites is 1. The van der Waals surface area contributed by atoms with E-state index in [2.05, 4.69) is 15.5 Å². The molecule has 0 aliphatic carbocycles. The average molecular weight is 298 g/mol. The molecule has 0 spiro atoms. The molecule has 1 unspecified atom stereocenters. The minimum absolute atomic E-state index is 0.248. The van der Waals surface area contributed by atoms with Crippen molar-refractivity contribution in [2.75, 3.05) is 13.2 Å². The van der Waals surface area contributed by atoms with Gasteiger partial charge in [0.15, 0.2) is 11.5 Å². The van der Waals surface area contributed by atoms with Crippen LogP contribution in [0.15, 0.2) is 54.7 Å². The molecule has 0 amide bonds. The van der Waals surface area contributed by atoms with E-state index in [1.54, 1.807) is 0 Å². The maximum Gasteiger partial charge on any atom is 0.160 e. The highest BCUT2D eigenvalue weighted by Gasteiger charge is 2.07. The van der Waals surface area contributed by atoms with Gasteiger partial charge in [0.05, 0.1) is 6.54 Å². The molecule has 6 nitrogen and oxygen atoms in total. The number of hydrogen-bond acceptors (Lipinski definition) is 5. The summed E-state index contributed by atoms with van der Waals surface area (Å²) in [6, 6.07) is 15.2. The smallest absolute Gasteiger partial charge is 0.160 e. The van der Waals surface area contributed by atoms with Gasteiger partial charge in [-0.15, -0.1) is 10.2 Å². The lowest BCUT2D eigenvalue weighted by atomic mass is 10.3. The largest absolute Gasteiger partial charge is 0.491 e. The van der Waals surface area contributed by atoms with Gasteiger partial charge in [0.25, 0.3) is 0 Å². The molecule has 2 heterocycles. The predicted molar refractivity (Wildman–Crippen MR) is 82.6 cm³/mol. The first-order valence-electron chi connectivity index (χ1n) is 7.18. The molecule has 3 rings (SSSR count). The Morgan fingerprint density at radius 3 is 2.77 bits per heavy atom. The van der Waals surface area contributed by atoms with Crippen LogP contribution < -0.4 is 10.1 Å². The number of aliphatic hydroxyl groups excluding tert-OH is 1. The highest BCUT2D eigenvalue weighted by Crippen LogP contribution is 2.08. The fraction of sp³-hybridized carbons (Fsp3) is 0.250. The number of rotatable bonds is 7. The summed E-state index contributed by atoms with van der Waals surface area (Å²) >= 11 is 0. The molecule has 1 atom stereocenters. The van der Waals surface area contributed by atoms with Crippen molar-refractivity contribution < 1.29 is 9.84 Å². The second-order valence-corrected chi connectivity index (χ2v) is 4.95. The predicted octanol–water partition coefficient (Wildman–Crippen LogP) is 1.26. The van der Waals surface area contributed by atoms with Crippen LogP contribution in [-0.2, 0) is 6.54 Å². The van der Waals surface area contributed by atoms with Crippen molar-refractivity contribution in [2.45, 2.75) is 12.6 Å². The molecule has 2 aromatic heterocycles. The van der Waals surface area contributed by atoms with Crippen molar-refractivity contribution in [2.24, 2.45) is 0 Å². The minimum Gasteiger partial charge on any atom is -0.491 e. The van der Waals surface area contributed by atoms with Crippen molar-refractivity contribution in [1.29, 1.82) is 0 Å². The summed E-state index contributed by atoms with van der Waals surface area (Å²) < 4.78 is 7.42. The zero-order chi connectivity index (χ0) is 15.2. The van der Waals surface area contributed by atoms with Crippen LogP contribution in [0.3, 0.4) is 0 Å². The van der Waals surface area contributed by atoms with Crippen molar-refractivity contribution in [3.8, 4) is 5.75 Å². The topological polar surface area (TPSA) is 71.7 Å². The van der Waals surface area contributed by atoms with E-state index in [1.165, 1.54) is 0 Å². The summed E-state index contributed by atoms with van der Waals surface area (Å²) in [6.07, 6.45) is 1.33. The van der Waals surface area contributed by atoms with Gasteiger partial charge in [0.2, 0.25) is 0 Å². The van der Waals surface area contributed by atoms with Crippen LogP contribution >= 0.6 is 0 Å². The summed E-state index contributed by atoms with van der Waals surface area (Å²) in [5, 5.41) is 21.3. The third-order valence-electron chi connectivity index (χ3n) is 3.23. The van der Waals surface area contributed by atoms with Gasteiger partial charge in [-0.05, 0) is 24.3 Å². The van der Waals surface area contributed by atoms with Gasteiger partial charge in [0, 0.05) is 12.7 Å². The molecule has 0 radical (unpaired) electrons. The molecule has 22 heavy (non-hydrogen) atoms. The zero-order valence-electron chi connectivity index (χ0n) is 12.1. The quantitative estimate of drug-likeness (QED) is 0.687. The second kappa shape index (κ2) is 7.02. The van der Waals surface area contributed by atoms with Crippen LogP contribution in [0.4, 0.5) is 0 Å². The van der Waals surface area contributed by atoms with Crippen LogP contribution in [-0.4, -0.2) is 39.0 Å². The van der Waals surface area contributed by atoms with Gasteiger partial charge >= 0.3 is 0 Å². The average Bonchev–Trinajstić information content (AvgIpc) is 2.97. The van der Waals surface area contributed by atoms with Crippen LogP contribution in [0.25, 0.3) is 5.65 Å². The fourth-order valence-electron chi connectivity index (χ4n) is 2.13. The number of hydrogen-bond donors (Lipinski definition) is 2. The third-order valence-corrected chi connectivity index (χ3v) is 3.23. The molecule has 3 aromatic rings. The van der Waals surface area contributed by atoms with E-state index < -0.39 is 6.10 Å². The Morgan fingerprint density at radius 1 is 1.09 bits per heavy atom. The lowest BCUT2D eigenvalue weighted by Crippen LogP contribution is -2.31. The number of ether oxygens (including phenoxy) is 1. The van der Waals surface area contributed by atoms with Gasteiger partial charge in [-0.1, -0.05) is 24.3 Å². The summed E-state index contributed by atoms with van der Waals surface area (Å²) in [6.45, 7) is 1.21. The normalized spacial score (nSPS) is 12.4. The molecular weight excluding hydrogens is 280 g/mol. The fourth-order valence-corrected chi connectivity index (χ4v) is 2.13. The Balaban J connectivity index is 1.44. The van der Waals surface area contributed by atoms with Crippen molar-refractivity contribution in [1.82, 2.24) is 19.9 Å². The summed E-state index contributed by atoms with van der Waals surface area (Å²) in [4.78, 5) is 0. The monoisotopic (exact) mass is 298 g/mol. The molecule has 0 fully saturated rings. The van der Waals surface area contributed by atoms with Gasteiger partial charge in [-0.3, -0.25) is 4.40 Å². The minimum atomic E-state index is -0.584. The zero-order valence-corrected chi connectivity index (χ0v) is 12.1. The number of aromatic nitrogens is 3. The first-order chi connectivity index (χ1) is 10.8. The van der Waals surface area contributed by atoms with Gasteiger partial charge in [-0.2, -0.15) is 0 Å². The van der Waals surface area contributed by atoms with Crippen LogP contribution in [0, 0.1) is 0 Å². The van der Waals surface area contributed by atoms with E-state index in [0.717, 1.165) is 17.2 Å². The number of fused-ring (bicyclic) bond motifs is 1. The number of pyridine rings is 1. The second-order valence-electron chi connectivity index (χ2n) is 4.95. The number of nitrogens with zero attached hydrogens (tertiary/aromatic N) is 3. The summed E-state index contributed by atoms with van der Waals surface area (Å²) in [5.41, 5.74) is 0.812. The molecule has 0 saturated heterocycles. The highest BCUT2D eigenvalue weighted by molar-refractivity contribution is 5.36.